The largest absolute Gasteiger partial charge is 0.347 e. The third-order valence-electron chi connectivity index (χ3n) is 3.86. The molecule has 26 heavy (non-hydrogen) atoms. The maximum Gasteiger partial charge on any atom is 0.243 e. The first-order chi connectivity index (χ1) is 12.1. The molecule has 0 atom stereocenters. The van der Waals surface area contributed by atoms with Crippen LogP contribution in [0.2, 0.25) is 0 Å². The zero-order valence-electron chi connectivity index (χ0n) is 15.5. The summed E-state index contributed by atoms with van der Waals surface area (Å²) in [7, 11) is 3.66. The number of nitrogens with one attached hydrogen (secondary N) is 2. The SMILES string of the molecule is CCc1cccc(NC(=O)CNC(=NC)N(C)Cc2ccccc2)c1.I. The van der Waals surface area contributed by atoms with E-state index in [0.717, 1.165) is 18.7 Å². The molecule has 0 aliphatic heterocycles. The van der Waals surface area contributed by atoms with E-state index >= 15 is 0 Å². The standard InChI is InChI=1S/C20H26N4O.HI/c1-4-16-11-8-12-18(13-16)23-19(25)14-22-20(21-2)24(3)15-17-9-6-5-7-10-17;/h5-13H,4,14-15H2,1-3H3,(H,21,22)(H,23,25);1H. The molecule has 2 aromatic rings. The summed E-state index contributed by atoms with van der Waals surface area (Å²) >= 11 is 0. The van der Waals surface area contributed by atoms with Crippen LogP contribution in [0.3, 0.4) is 0 Å². The van der Waals surface area contributed by atoms with Crippen LogP contribution in [0.15, 0.2) is 59.6 Å². The van der Waals surface area contributed by atoms with Gasteiger partial charge in [-0.25, -0.2) is 0 Å². The van der Waals surface area contributed by atoms with Crippen molar-refractivity contribution in [3.8, 4) is 0 Å². The van der Waals surface area contributed by atoms with Crippen LogP contribution < -0.4 is 10.6 Å². The van der Waals surface area contributed by atoms with Crippen molar-refractivity contribution in [1.82, 2.24) is 10.2 Å². The molecule has 0 heterocycles. The van der Waals surface area contributed by atoms with E-state index < -0.39 is 0 Å². The number of benzene rings is 2. The summed E-state index contributed by atoms with van der Waals surface area (Å²) in [4.78, 5) is 18.4. The Hall–Kier alpha value is -2.09. The van der Waals surface area contributed by atoms with Gasteiger partial charge in [-0.05, 0) is 29.7 Å². The highest BCUT2D eigenvalue weighted by molar-refractivity contribution is 14.0. The average molecular weight is 466 g/mol. The van der Waals surface area contributed by atoms with Crippen molar-refractivity contribution in [2.24, 2.45) is 4.99 Å². The number of halogens is 1. The number of amides is 1. The van der Waals surface area contributed by atoms with Gasteiger partial charge in [-0.3, -0.25) is 9.79 Å². The molecule has 140 valence electrons. The van der Waals surface area contributed by atoms with Gasteiger partial charge in [-0.2, -0.15) is 0 Å². The summed E-state index contributed by atoms with van der Waals surface area (Å²) < 4.78 is 0. The molecule has 2 N–H and O–H groups in total. The maximum atomic E-state index is 12.2. The van der Waals surface area contributed by atoms with Crippen LogP contribution in [0.4, 0.5) is 5.69 Å². The summed E-state index contributed by atoms with van der Waals surface area (Å²) in [6.45, 7) is 2.98. The van der Waals surface area contributed by atoms with Crippen molar-refractivity contribution >= 4 is 41.5 Å². The first kappa shape index (κ1) is 22.0. The van der Waals surface area contributed by atoms with Crippen LogP contribution in [-0.2, 0) is 17.8 Å². The van der Waals surface area contributed by atoms with Crippen molar-refractivity contribution < 1.29 is 4.79 Å². The van der Waals surface area contributed by atoms with E-state index in [0.29, 0.717) is 5.96 Å². The summed E-state index contributed by atoms with van der Waals surface area (Å²) in [5.74, 6) is 0.587. The normalized spacial score (nSPS) is 10.7. The number of guanidine groups is 1. The van der Waals surface area contributed by atoms with Crippen molar-refractivity contribution in [2.75, 3.05) is 26.0 Å². The molecule has 0 aliphatic rings. The molecule has 0 radical (unpaired) electrons. The second-order valence-corrected chi connectivity index (χ2v) is 5.84. The van der Waals surface area contributed by atoms with Crippen LogP contribution >= 0.6 is 24.0 Å². The van der Waals surface area contributed by atoms with Crippen molar-refractivity contribution in [2.45, 2.75) is 19.9 Å². The van der Waals surface area contributed by atoms with Crippen molar-refractivity contribution in [3.63, 3.8) is 0 Å². The summed E-state index contributed by atoms with van der Waals surface area (Å²) in [5, 5.41) is 6.01. The first-order valence-corrected chi connectivity index (χ1v) is 8.47. The van der Waals surface area contributed by atoms with Gasteiger partial charge in [-0.1, -0.05) is 49.4 Å². The Kier molecular flexibility index (Phi) is 9.72. The van der Waals surface area contributed by atoms with Gasteiger partial charge in [0.15, 0.2) is 5.96 Å². The van der Waals surface area contributed by atoms with Gasteiger partial charge in [0.2, 0.25) is 5.91 Å². The van der Waals surface area contributed by atoms with Gasteiger partial charge in [0.1, 0.15) is 0 Å². The van der Waals surface area contributed by atoms with E-state index in [1.807, 2.05) is 54.4 Å². The van der Waals surface area contributed by atoms with E-state index in [1.54, 1.807) is 7.05 Å². The topological polar surface area (TPSA) is 56.7 Å². The molecule has 5 nitrogen and oxygen atoms in total. The molecule has 0 aliphatic carbocycles. The van der Waals surface area contributed by atoms with Crippen molar-refractivity contribution in [1.29, 1.82) is 0 Å². The monoisotopic (exact) mass is 466 g/mol. The lowest BCUT2D eigenvalue weighted by molar-refractivity contribution is -0.115. The highest BCUT2D eigenvalue weighted by Gasteiger charge is 2.09. The Bertz CT molecular complexity index is 719. The number of aryl methyl sites for hydroxylation is 1. The number of hydrogen-bond acceptors (Lipinski definition) is 2. The summed E-state index contributed by atoms with van der Waals surface area (Å²) in [6, 6.07) is 18.0. The lowest BCUT2D eigenvalue weighted by atomic mass is 10.1. The average Bonchev–Trinajstić information content (AvgIpc) is 2.63. The highest BCUT2D eigenvalue weighted by atomic mass is 127. The van der Waals surface area contributed by atoms with Crippen LogP contribution in [0.5, 0.6) is 0 Å². The highest BCUT2D eigenvalue weighted by Crippen LogP contribution is 2.10. The number of aliphatic imine (C=N–C) groups is 1. The number of rotatable bonds is 6. The fourth-order valence-electron chi connectivity index (χ4n) is 2.55. The number of nitrogens with zero attached hydrogens (tertiary/aromatic N) is 2. The molecule has 6 heteroatoms. The van der Waals surface area contributed by atoms with Crippen molar-refractivity contribution in [3.05, 3.63) is 65.7 Å². The van der Waals surface area contributed by atoms with E-state index in [2.05, 4.69) is 34.7 Å². The molecular formula is C20H27IN4O. The van der Waals surface area contributed by atoms with E-state index in [4.69, 9.17) is 0 Å². The zero-order valence-corrected chi connectivity index (χ0v) is 17.9. The quantitative estimate of drug-likeness (QED) is 0.389. The Balaban J connectivity index is 0.00000338. The Morgan fingerprint density at radius 3 is 2.42 bits per heavy atom. The number of carbonyl (C=O) groups excluding carboxylic acids is 1. The molecule has 0 fully saturated rings. The van der Waals surface area contributed by atoms with Crippen LogP contribution in [0, 0.1) is 0 Å². The van der Waals surface area contributed by atoms with Gasteiger partial charge < -0.3 is 15.5 Å². The minimum Gasteiger partial charge on any atom is -0.347 e. The first-order valence-electron chi connectivity index (χ1n) is 8.47. The van der Waals surface area contributed by atoms with E-state index in [9.17, 15) is 4.79 Å². The molecule has 0 unspecified atom stereocenters. The fraction of sp³-hybridized carbons (Fsp3) is 0.300. The van der Waals surface area contributed by atoms with E-state index in [-0.39, 0.29) is 36.4 Å². The van der Waals surface area contributed by atoms with Gasteiger partial charge in [0.05, 0.1) is 6.54 Å². The van der Waals surface area contributed by atoms with Gasteiger partial charge in [-0.15, -0.1) is 24.0 Å². The lowest BCUT2D eigenvalue weighted by Gasteiger charge is -2.22. The van der Waals surface area contributed by atoms with Gasteiger partial charge in [0.25, 0.3) is 0 Å². The minimum absolute atomic E-state index is 0. The van der Waals surface area contributed by atoms with Gasteiger partial charge in [0, 0.05) is 26.3 Å². The smallest absolute Gasteiger partial charge is 0.243 e. The summed E-state index contributed by atoms with van der Waals surface area (Å²) in [5.41, 5.74) is 3.21. The lowest BCUT2D eigenvalue weighted by Crippen LogP contribution is -2.42. The molecular weight excluding hydrogens is 439 g/mol. The molecule has 1 amide bonds. The molecule has 0 aromatic heterocycles. The molecule has 0 saturated heterocycles. The molecule has 0 spiro atoms. The third kappa shape index (κ3) is 7.03. The Morgan fingerprint density at radius 1 is 1.08 bits per heavy atom. The molecule has 2 aromatic carbocycles. The number of carbonyl (C=O) groups is 1. The predicted molar refractivity (Wildman–Crippen MR) is 119 cm³/mol. The maximum absolute atomic E-state index is 12.2. The molecule has 0 bridgehead atoms. The third-order valence-corrected chi connectivity index (χ3v) is 3.86. The number of hydrogen-bond donors (Lipinski definition) is 2. The molecule has 0 saturated carbocycles. The minimum atomic E-state index is -0.0949. The van der Waals surface area contributed by atoms with E-state index in [1.165, 1.54) is 11.1 Å². The second-order valence-electron chi connectivity index (χ2n) is 5.84. The summed E-state index contributed by atoms with van der Waals surface area (Å²) in [6.07, 6.45) is 0.943. The van der Waals surface area contributed by atoms with Crippen LogP contribution in [0.25, 0.3) is 0 Å². The second kappa shape index (κ2) is 11.5. The van der Waals surface area contributed by atoms with Gasteiger partial charge >= 0.3 is 0 Å². The fourth-order valence-corrected chi connectivity index (χ4v) is 2.55. The Morgan fingerprint density at radius 2 is 1.77 bits per heavy atom. The predicted octanol–water partition coefficient (Wildman–Crippen LogP) is 3.51. The zero-order chi connectivity index (χ0) is 18.1. The van der Waals surface area contributed by atoms with Crippen LogP contribution in [0.1, 0.15) is 18.1 Å². The molecule has 2 rings (SSSR count). The van der Waals surface area contributed by atoms with Crippen LogP contribution in [-0.4, -0.2) is 37.4 Å². The number of anilines is 1. The Labute approximate surface area is 172 Å².